The molecule has 0 N–H and O–H groups in total. The zero-order valence-electron chi connectivity index (χ0n) is 9.47. The topological polar surface area (TPSA) is 72.2 Å². The van der Waals surface area contributed by atoms with Crippen LogP contribution in [0.3, 0.4) is 0 Å². The van der Waals surface area contributed by atoms with Gasteiger partial charge in [0.05, 0.1) is 18.7 Å². The van der Waals surface area contributed by atoms with Gasteiger partial charge in [0.1, 0.15) is 6.10 Å². The molecule has 0 spiro atoms. The van der Waals surface area contributed by atoms with Crippen LogP contribution in [0.2, 0.25) is 0 Å². The van der Waals surface area contributed by atoms with E-state index in [1.165, 1.54) is 19.2 Å². The standard InChI is InChI=1S/C12H12N2O3/c1-16-12(15)10-5-8(7-13)6-11(14-10)17-9-3-2-4-9/h5-6,9H,2-4H2,1H3. The van der Waals surface area contributed by atoms with Crippen LogP contribution in [0.15, 0.2) is 12.1 Å². The Morgan fingerprint density at radius 3 is 2.82 bits per heavy atom. The summed E-state index contributed by atoms with van der Waals surface area (Å²) in [6.07, 6.45) is 3.28. The fourth-order valence-corrected chi connectivity index (χ4v) is 1.50. The lowest BCUT2D eigenvalue weighted by Gasteiger charge is -2.25. The fourth-order valence-electron chi connectivity index (χ4n) is 1.50. The third kappa shape index (κ3) is 2.53. The van der Waals surface area contributed by atoms with Gasteiger partial charge in [0.2, 0.25) is 5.88 Å². The van der Waals surface area contributed by atoms with E-state index in [1.54, 1.807) is 0 Å². The Morgan fingerprint density at radius 2 is 2.29 bits per heavy atom. The number of carbonyl (C=O) groups is 1. The van der Waals surface area contributed by atoms with E-state index in [4.69, 9.17) is 10.00 Å². The molecule has 1 heterocycles. The van der Waals surface area contributed by atoms with Crippen LogP contribution in [0.1, 0.15) is 35.3 Å². The molecule has 1 fully saturated rings. The maximum atomic E-state index is 11.4. The molecule has 0 radical (unpaired) electrons. The van der Waals surface area contributed by atoms with E-state index >= 15 is 0 Å². The van der Waals surface area contributed by atoms with E-state index in [0.717, 1.165) is 19.3 Å². The normalized spacial score (nSPS) is 14.6. The smallest absolute Gasteiger partial charge is 0.356 e. The van der Waals surface area contributed by atoms with Gasteiger partial charge in [0.15, 0.2) is 5.69 Å². The molecule has 1 aliphatic rings. The summed E-state index contributed by atoms with van der Waals surface area (Å²) in [5, 5.41) is 8.86. The van der Waals surface area contributed by atoms with Gasteiger partial charge in [-0.15, -0.1) is 0 Å². The largest absolute Gasteiger partial charge is 0.474 e. The first-order valence-electron chi connectivity index (χ1n) is 5.40. The summed E-state index contributed by atoms with van der Waals surface area (Å²) in [5.41, 5.74) is 0.440. The molecule has 1 saturated carbocycles. The fraction of sp³-hybridized carbons (Fsp3) is 0.417. The molecular formula is C12H12N2O3. The first-order valence-corrected chi connectivity index (χ1v) is 5.40. The Morgan fingerprint density at radius 1 is 1.53 bits per heavy atom. The first kappa shape index (κ1) is 11.4. The molecule has 5 heteroatoms. The molecule has 0 atom stereocenters. The summed E-state index contributed by atoms with van der Waals surface area (Å²) in [4.78, 5) is 15.4. The van der Waals surface area contributed by atoms with Gasteiger partial charge in [0, 0.05) is 6.07 Å². The molecule has 88 valence electrons. The summed E-state index contributed by atoms with van der Waals surface area (Å²) in [6, 6.07) is 4.89. The highest BCUT2D eigenvalue weighted by atomic mass is 16.5. The monoisotopic (exact) mass is 232 g/mol. The highest BCUT2D eigenvalue weighted by Crippen LogP contribution is 2.24. The number of nitrogens with zero attached hydrogens (tertiary/aromatic N) is 2. The number of ether oxygens (including phenoxy) is 2. The van der Waals surface area contributed by atoms with Gasteiger partial charge < -0.3 is 9.47 Å². The number of nitriles is 1. The molecular weight excluding hydrogens is 220 g/mol. The summed E-state index contributed by atoms with van der Waals surface area (Å²) < 4.78 is 10.1. The molecule has 0 unspecified atom stereocenters. The maximum absolute atomic E-state index is 11.4. The summed E-state index contributed by atoms with van der Waals surface area (Å²) >= 11 is 0. The average molecular weight is 232 g/mol. The van der Waals surface area contributed by atoms with Crippen LogP contribution in [0.5, 0.6) is 5.88 Å². The number of rotatable bonds is 3. The van der Waals surface area contributed by atoms with E-state index in [1.807, 2.05) is 6.07 Å². The van der Waals surface area contributed by atoms with Gasteiger partial charge in [-0.2, -0.15) is 5.26 Å². The minimum atomic E-state index is -0.569. The highest BCUT2D eigenvalue weighted by molar-refractivity contribution is 5.87. The van der Waals surface area contributed by atoms with Crippen molar-refractivity contribution in [1.29, 1.82) is 5.26 Å². The van der Waals surface area contributed by atoms with Crippen molar-refractivity contribution in [3.05, 3.63) is 23.4 Å². The van der Waals surface area contributed by atoms with Gasteiger partial charge in [-0.25, -0.2) is 9.78 Å². The predicted molar refractivity (Wildman–Crippen MR) is 58.6 cm³/mol. The molecule has 0 aromatic carbocycles. The van der Waals surface area contributed by atoms with Crippen molar-refractivity contribution >= 4 is 5.97 Å². The van der Waals surface area contributed by atoms with E-state index in [9.17, 15) is 4.79 Å². The molecule has 0 amide bonds. The molecule has 5 nitrogen and oxygen atoms in total. The molecule has 1 aromatic heterocycles. The molecule has 0 saturated heterocycles. The maximum Gasteiger partial charge on any atom is 0.356 e. The Balaban J connectivity index is 2.25. The lowest BCUT2D eigenvalue weighted by atomic mass is 9.96. The van der Waals surface area contributed by atoms with Crippen molar-refractivity contribution < 1.29 is 14.3 Å². The molecule has 0 bridgehead atoms. The van der Waals surface area contributed by atoms with E-state index < -0.39 is 5.97 Å². The molecule has 0 aliphatic heterocycles. The molecule has 1 aromatic rings. The van der Waals surface area contributed by atoms with Gasteiger partial charge >= 0.3 is 5.97 Å². The van der Waals surface area contributed by atoms with Crippen LogP contribution in [0.4, 0.5) is 0 Å². The van der Waals surface area contributed by atoms with Crippen LogP contribution >= 0.6 is 0 Å². The highest BCUT2D eigenvalue weighted by Gasteiger charge is 2.21. The van der Waals surface area contributed by atoms with Crippen molar-refractivity contribution in [1.82, 2.24) is 4.98 Å². The van der Waals surface area contributed by atoms with Gasteiger partial charge in [0.25, 0.3) is 0 Å². The number of hydrogen-bond donors (Lipinski definition) is 0. The number of carbonyl (C=O) groups excluding carboxylic acids is 1. The SMILES string of the molecule is COC(=O)c1cc(C#N)cc(OC2CCC2)n1. The number of pyridine rings is 1. The van der Waals surface area contributed by atoms with Crippen LogP contribution in [-0.4, -0.2) is 24.2 Å². The third-order valence-corrected chi connectivity index (χ3v) is 2.67. The Kier molecular flexibility index (Phi) is 3.24. The van der Waals surface area contributed by atoms with E-state index in [0.29, 0.717) is 11.4 Å². The van der Waals surface area contributed by atoms with Crippen molar-refractivity contribution in [2.75, 3.05) is 7.11 Å². The van der Waals surface area contributed by atoms with Crippen LogP contribution in [-0.2, 0) is 4.74 Å². The van der Waals surface area contributed by atoms with Crippen LogP contribution < -0.4 is 4.74 Å². The number of aromatic nitrogens is 1. The Bertz CT molecular complexity index is 475. The second-order valence-electron chi connectivity index (χ2n) is 3.85. The Hall–Kier alpha value is -2.09. The van der Waals surface area contributed by atoms with E-state index in [-0.39, 0.29) is 11.8 Å². The zero-order chi connectivity index (χ0) is 12.3. The zero-order valence-corrected chi connectivity index (χ0v) is 9.47. The van der Waals surface area contributed by atoms with Crippen molar-refractivity contribution in [2.24, 2.45) is 0 Å². The number of hydrogen-bond acceptors (Lipinski definition) is 5. The Labute approximate surface area is 99.0 Å². The second kappa shape index (κ2) is 4.83. The van der Waals surface area contributed by atoms with Crippen molar-refractivity contribution in [3.8, 4) is 11.9 Å². The van der Waals surface area contributed by atoms with Crippen LogP contribution in [0.25, 0.3) is 0 Å². The number of methoxy groups -OCH3 is 1. The summed E-state index contributed by atoms with van der Waals surface area (Å²) in [6.45, 7) is 0. The predicted octanol–water partition coefficient (Wildman–Crippen LogP) is 1.67. The molecule has 2 rings (SSSR count). The molecule has 1 aliphatic carbocycles. The minimum Gasteiger partial charge on any atom is -0.474 e. The number of esters is 1. The van der Waals surface area contributed by atoms with Gasteiger partial charge in [-0.1, -0.05) is 0 Å². The molecule has 17 heavy (non-hydrogen) atoms. The second-order valence-corrected chi connectivity index (χ2v) is 3.85. The third-order valence-electron chi connectivity index (χ3n) is 2.67. The quantitative estimate of drug-likeness (QED) is 0.741. The van der Waals surface area contributed by atoms with Crippen molar-refractivity contribution in [3.63, 3.8) is 0 Å². The lowest BCUT2D eigenvalue weighted by molar-refractivity contribution is 0.0589. The summed E-state index contributed by atoms with van der Waals surface area (Å²) in [5.74, 6) is -0.255. The summed E-state index contributed by atoms with van der Waals surface area (Å²) in [7, 11) is 1.27. The minimum absolute atomic E-state index is 0.0980. The van der Waals surface area contributed by atoms with Gasteiger partial charge in [-0.3, -0.25) is 0 Å². The van der Waals surface area contributed by atoms with Crippen LogP contribution in [0, 0.1) is 11.3 Å². The van der Waals surface area contributed by atoms with E-state index in [2.05, 4.69) is 9.72 Å². The first-order chi connectivity index (χ1) is 8.22. The lowest BCUT2D eigenvalue weighted by Crippen LogP contribution is -2.25. The van der Waals surface area contributed by atoms with Gasteiger partial charge in [-0.05, 0) is 25.3 Å². The van der Waals surface area contributed by atoms with Crippen molar-refractivity contribution in [2.45, 2.75) is 25.4 Å². The average Bonchev–Trinajstić information content (AvgIpc) is 2.32.